The maximum atomic E-state index is 12.6. The van der Waals surface area contributed by atoms with Gasteiger partial charge >= 0.3 is 6.18 Å². The molecule has 0 aromatic heterocycles. The number of likely N-dealkylation sites (tertiary alicyclic amines) is 1. The van der Waals surface area contributed by atoms with Crippen molar-refractivity contribution in [2.24, 2.45) is 10.9 Å². The lowest BCUT2D eigenvalue weighted by Gasteiger charge is -2.32. The van der Waals surface area contributed by atoms with Crippen LogP contribution in [-0.4, -0.2) is 53.1 Å². The largest absolute Gasteiger partial charge is 0.391 e. The fraction of sp³-hybridized carbons (Fsp3) is 0.867. The number of nitrogens with zero attached hydrogens (tertiary/aromatic N) is 2. The fourth-order valence-corrected chi connectivity index (χ4v) is 4.42. The second-order valence-corrected chi connectivity index (χ2v) is 7.49. The molecule has 2 aliphatic heterocycles. The minimum atomic E-state index is -4.14. The number of alkyl halides is 3. The number of carbonyl (C=O) groups excluding carboxylic acids is 1. The van der Waals surface area contributed by atoms with E-state index in [0.717, 1.165) is 18.0 Å². The molecule has 130 valence electrons. The molecule has 2 fully saturated rings. The van der Waals surface area contributed by atoms with E-state index in [0.29, 0.717) is 12.1 Å². The first-order valence-corrected chi connectivity index (χ1v) is 9.23. The van der Waals surface area contributed by atoms with E-state index in [4.69, 9.17) is 0 Å². The summed E-state index contributed by atoms with van der Waals surface area (Å²) < 4.78 is 37.9. The van der Waals surface area contributed by atoms with E-state index in [1.165, 1.54) is 24.6 Å². The summed E-state index contributed by atoms with van der Waals surface area (Å²) in [5.41, 5.74) is 0. The zero-order chi connectivity index (χ0) is 16.4. The quantitative estimate of drug-likeness (QED) is 0.834. The van der Waals surface area contributed by atoms with Crippen LogP contribution in [0.25, 0.3) is 0 Å². The first kappa shape index (κ1) is 16.9. The highest BCUT2D eigenvalue weighted by Crippen LogP contribution is 2.34. The van der Waals surface area contributed by atoms with Crippen molar-refractivity contribution in [2.45, 2.75) is 56.8 Å². The maximum absolute atomic E-state index is 12.6. The molecule has 0 spiro atoms. The first-order chi connectivity index (χ1) is 10.9. The smallest absolute Gasteiger partial charge is 0.360 e. The van der Waals surface area contributed by atoms with E-state index in [1.807, 2.05) is 0 Å². The lowest BCUT2D eigenvalue weighted by Crippen LogP contribution is -2.43. The molecule has 1 saturated carbocycles. The van der Waals surface area contributed by atoms with Gasteiger partial charge in [-0.05, 0) is 25.7 Å². The van der Waals surface area contributed by atoms with Gasteiger partial charge in [0.15, 0.2) is 5.17 Å². The summed E-state index contributed by atoms with van der Waals surface area (Å²) >= 11 is 1.38. The van der Waals surface area contributed by atoms with E-state index >= 15 is 0 Å². The Morgan fingerprint density at radius 3 is 2.57 bits per heavy atom. The summed E-state index contributed by atoms with van der Waals surface area (Å²) in [7, 11) is 0. The normalized spacial score (nSPS) is 29.0. The molecule has 0 radical (unpaired) electrons. The molecule has 0 bridgehead atoms. The summed E-state index contributed by atoms with van der Waals surface area (Å²) in [6.07, 6.45) is 0.541. The highest BCUT2D eigenvalue weighted by Gasteiger charge is 2.41. The van der Waals surface area contributed by atoms with Crippen molar-refractivity contribution in [3.63, 3.8) is 0 Å². The number of aliphatic imine (C=N–C) groups is 1. The number of piperidine rings is 1. The third kappa shape index (κ3) is 4.14. The average molecular weight is 349 g/mol. The Balaban J connectivity index is 1.42. The van der Waals surface area contributed by atoms with Crippen molar-refractivity contribution in [1.29, 1.82) is 0 Å². The number of carbonyl (C=O) groups is 1. The molecule has 1 saturated heterocycles. The molecule has 3 aliphatic rings. The molecule has 1 amide bonds. The van der Waals surface area contributed by atoms with Crippen LogP contribution >= 0.6 is 11.8 Å². The number of thioether (sulfide) groups is 1. The van der Waals surface area contributed by atoms with Crippen molar-refractivity contribution in [2.75, 3.05) is 18.8 Å². The number of amides is 1. The van der Waals surface area contributed by atoms with Crippen LogP contribution in [0.2, 0.25) is 0 Å². The number of fused-ring (bicyclic) bond motifs is 1. The van der Waals surface area contributed by atoms with Gasteiger partial charge in [-0.15, -0.1) is 0 Å². The van der Waals surface area contributed by atoms with Crippen molar-refractivity contribution in [3.8, 4) is 0 Å². The van der Waals surface area contributed by atoms with Crippen LogP contribution in [0.3, 0.4) is 0 Å². The molecule has 23 heavy (non-hydrogen) atoms. The summed E-state index contributed by atoms with van der Waals surface area (Å²) in [5, 5.41) is 4.19. The monoisotopic (exact) mass is 349 g/mol. The van der Waals surface area contributed by atoms with Crippen molar-refractivity contribution in [1.82, 2.24) is 10.2 Å². The summed E-state index contributed by atoms with van der Waals surface area (Å²) in [6, 6.07) is 0.743. The molecule has 2 atom stereocenters. The molecule has 1 aliphatic carbocycles. The molecule has 4 nitrogen and oxygen atoms in total. The van der Waals surface area contributed by atoms with Crippen LogP contribution in [0.4, 0.5) is 13.2 Å². The Morgan fingerprint density at radius 1 is 1.22 bits per heavy atom. The van der Waals surface area contributed by atoms with Crippen LogP contribution < -0.4 is 5.32 Å². The van der Waals surface area contributed by atoms with Crippen LogP contribution in [0, 0.1) is 5.92 Å². The fourth-order valence-electron chi connectivity index (χ4n) is 3.54. The van der Waals surface area contributed by atoms with Gasteiger partial charge in [0.05, 0.1) is 23.8 Å². The highest BCUT2D eigenvalue weighted by molar-refractivity contribution is 8.14. The number of hydrogen-bond acceptors (Lipinski definition) is 4. The van der Waals surface area contributed by atoms with Crippen molar-refractivity contribution in [3.05, 3.63) is 0 Å². The number of nitrogens with one attached hydrogen (secondary N) is 1. The van der Waals surface area contributed by atoms with Gasteiger partial charge in [0, 0.05) is 13.1 Å². The van der Waals surface area contributed by atoms with Gasteiger partial charge in [-0.1, -0.05) is 24.6 Å². The van der Waals surface area contributed by atoms with Crippen LogP contribution in [-0.2, 0) is 4.79 Å². The Morgan fingerprint density at radius 2 is 1.91 bits per heavy atom. The van der Waals surface area contributed by atoms with E-state index in [1.54, 1.807) is 4.90 Å². The van der Waals surface area contributed by atoms with E-state index in [-0.39, 0.29) is 37.6 Å². The van der Waals surface area contributed by atoms with Crippen molar-refractivity contribution < 1.29 is 18.0 Å². The molecule has 8 heteroatoms. The maximum Gasteiger partial charge on any atom is 0.391 e. The third-order valence-electron chi connectivity index (χ3n) is 4.96. The highest BCUT2D eigenvalue weighted by atomic mass is 32.2. The van der Waals surface area contributed by atoms with Gasteiger partial charge in [-0.25, -0.2) is 0 Å². The Bertz CT molecular complexity index is 475. The molecule has 0 aromatic carbocycles. The topological polar surface area (TPSA) is 44.7 Å². The molecule has 0 aromatic rings. The van der Waals surface area contributed by atoms with Crippen LogP contribution in [0.5, 0.6) is 0 Å². The number of amidine groups is 1. The van der Waals surface area contributed by atoms with Gasteiger partial charge < -0.3 is 10.2 Å². The van der Waals surface area contributed by atoms with E-state index < -0.39 is 12.1 Å². The zero-order valence-corrected chi connectivity index (χ0v) is 13.8. The van der Waals surface area contributed by atoms with Crippen LogP contribution in [0.1, 0.15) is 38.5 Å². The summed E-state index contributed by atoms with van der Waals surface area (Å²) in [4.78, 5) is 18.3. The Kier molecular flexibility index (Phi) is 5.08. The SMILES string of the molecule is O=C(CSC1=N[C@H]2CCCC[C@@H]2N1)N1CCC(C(F)(F)F)CC1. The lowest BCUT2D eigenvalue weighted by molar-refractivity contribution is -0.186. The molecule has 2 heterocycles. The molecule has 1 N–H and O–H groups in total. The predicted molar refractivity (Wildman–Crippen MR) is 84.4 cm³/mol. The predicted octanol–water partition coefficient (Wildman–Crippen LogP) is 2.79. The van der Waals surface area contributed by atoms with Crippen LogP contribution in [0.15, 0.2) is 4.99 Å². The minimum Gasteiger partial charge on any atom is -0.360 e. The second-order valence-electron chi connectivity index (χ2n) is 6.52. The number of hydrogen-bond donors (Lipinski definition) is 1. The van der Waals surface area contributed by atoms with Gasteiger partial charge in [0.2, 0.25) is 5.91 Å². The molecule has 3 rings (SSSR count). The van der Waals surface area contributed by atoms with Gasteiger partial charge in [-0.3, -0.25) is 9.79 Å². The third-order valence-corrected chi connectivity index (χ3v) is 5.85. The van der Waals surface area contributed by atoms with E-state index in [9.17, 15) is 18.0 Å². The second kappa shape index (κ2) is 6.91. The minimum absolute atomic E-state index is 0.0171. The van der Waals surface area contributed by atoms with Crippen molar-refractivity contribution >= 4 is 22.8 Å². The molecular weight excluding hydrogens is 327 g/mol. The Hall–Kier alpha value is -0.920. The summed E-state index contributed by atoms with van der Waals surface area (Å²) in [6.45, 7) is 0.406. The average Bonchev–Trinajstić information content (AvgIpc) is 2.95. The van der Waals surface area contributed by atoms with Gasteiger partial charge in [-0.2, -0.15) is 13.2 Å². The summed E-state index contributed by atoms with van der Waals surface area (Å²) in [5.74, 6) is -1.10. The zero-order valence-electron chi connectivity index (χ0n) is 12.9. The van der Waals surface area contributed by atoms with Gasteiger partial charge in [0.1, 0.15) is 0 Å². The van der Waals surface area contributed by atoms with Gasteiger partial charge in [0.25, 0.3) is 0 Å². The number of halogens is 3. The lowest BCUT2D eigenvalue weighted by atomic mass is 9.92. The first-order valence-electron chi connectivity index (χ1n) is 8.25. The Labute approximate surface area is 138 Å². The molecular formula is C15H22F3N3OS. The standard InChI is InChI=1S/C15H22F3N3OS/c16-15(17,18)10-5-7-21(8-6-10)13(22)9-23-14-19-11-3-1-2-4-12(11)20-14/h10-12H,1-9H2,(H,19,20)/t11-,12-/m0/s1. The van der Waals surface area contributed by atoms with E-state index in [2.05, 4.69) is 10.3 Å². The number of rotatable bonds is 2. The molecule has 0 unspecified atom stereocenters.